The number of rotatable bonds is 6. The third-order valence-corrected chi connectivity index (χ3v) is 7.52. The number of para-hydroxylation sites is 1. The standard InChI is InChI=1S/C23H26N2O4S/c1-15-5-3-4-6-20(15)24-22(26)11-12-30(28,29)19-9-10-21-18(14-19)13-16(2)25(21)23(27)17-7-8-17/h3-6,9-10,14,16-17H,7-8,11-13H2,1-2H3,(H,24,26)/t16-/m1/s1. The Hall–Kier alpha value is -2.67. The molecule has 2 aromatic carbocycles. The molecule has 1 fully saturated rings. The molecular weight excluding hydrogens is 400 g/mol. The van der Waals surface area contributed by atoms with Crippen LogP contribution in [-0.2, 0) is 25.8 Å². The molecule has 0 bridgehead atoms. The molecule has 6 nitrogen and oxygen atoms in total. The lowest BCUT2D eigenvalue weighted by Crippen LogP contribution is -2.36. The first-order chi connectivity index (χ1) is 14.3. The van der Waals surface area contributed by atoms with Gasteiger partial charge in [-0.05, 0) is 68.5 Å². The molecule has 4 rings (SSSR count). The largest absolute Gasteiger partial charge is 0.326 e. The zero-order chi connectivity index (χ0) is 21.5. The molecule has 30 heavy (non-hydrogen) atoms. The molecule has 1 aliphatic heterocycles. The van der Waals surface area contributed by atoms with Crippen molar-refractivity contribution >= 4 is 33.0 Å². The molecule has 1 N–H and O–H groups in total. The number of sulfone groups is 1. The molecular formula is C23H26N2O4S. The lowest BCUT2D eigenvalue weighted by molar-refractivity contribution is -0.120. The van der Waals surface area contributed by atoms with E-state index in [1.807, 2.05) is 36.9 Å². The van der Waals surface area contributed by atoms with E-state index in [1.54, 1.807) is 24.3 Å². The summed E-state index contributed by atoms with van der Waals surface area (Å²) in [5.74, 6) is -0.328. The minimum atomic E-state index is -3.60. The molecule has 7 heteroatoms. The number of hydrogen-bond acceptors (Lipinski definition) is 4. The average molecular weight is 427 g/mol. The maximum absolute atomic E-state index is 12.8. The van der Waals surface area contributed by atoms with Crippen LogP contribution in [0.5, 0.6) is 0 Å². The maximum atomic E-state index is 12.8. The summed E-state index contributed by atoms with van der Waals surface area (Å²) in [6.07, 6.45) is 2.41. The van der Waals surface area contributed by atoms with Gasteiger partial charge in [-0.3, -0.25) is 9.59 Å². The molecule has 0 saturated heterocycles. The van der Waals surface area contributed by atoms with Crippen molar-refractivity contribution in [2.75, 3.05) is 16.0 Å². The molecule has 1 saturated carbocycles. The van der Waals surface area contributed by atoms with Crippen LogP contribution < -0.4 is 10.2 Å². The quantitative estimate of drug-likeness (QED) is 0.766. The third-order valence-electron chi connectivity index (χ3n) is 5.81. The van der Waals surface area contributed by atoms with Crippen LogP contribution in [0.1, 0.15) is 37.3 Å². The average Bonchev–Trinajstić information content (AvgIpc) is 3.50. The Balaban J connectivity index is 1.45. The van der Waals surface area contributed by atoms with Crippen molar-refractivity contribution in [3.8, 4) is 0 Å². The van der Waals surface area contributed by atoms with Gasteiger partial charge in [-0.15, -0.1) is 0 Å². The highest BCUT2D eigenvalue weighted by molar-refractivity contribution is 7.91. The Bertz CT molecular complexity index is 1110. The van der Waals surface area contributed by atoms with Gasteiger partial charge in [-0.1, -0.05) is 18.2 Å². The number of nitrogens with zero attached hydrogens (tertiary/aromatic N) is 1. The molecule has 0 spiro atoms. The fourth-order valence-corrected chi connectivity index (χ4v) is 5.22. The second kappa shape index (κ2) is 7.87. The van der Waals surface area contributed by atoms with Gasteiger partial charge in [0.25, 0.3) is 0 Å². The fourth-order valence-electron chi connectivity index (χ4n) is 3.93. The number of amides is 2. The third kappa shape index (κ3) is 4.12. The van der Waals surface area contributed by atoms with Gasteiger partial charge in [-0.25, -0.2) is 8.42 Å². The summed E-state index contributed by atoms with van der Waals surface area (Å²) in [6.45, 7) is 3.87. The minimum Gasteiger partial charge on any atom is -0.326 e. The normalized spacial score (nSPS) is 18.2. The Morgan fingerprint density at radius 1 is 1.13 bits per heavy atom. The van der Waals surface area contributed by atoms with E-state index in [0.29, 0.717) is 12.1 Å². The van der Waals surface area contributed by atoms with E-state index >= 15 is 0 Å². The molecule has 158 valence electrons. The number of nitrogens with one attached hydrogen (secondary N) is 1. The molecule has 1 aliphatic carbocycles. The second-order valence-electron chi connectivity index (χ2n) is 8.26. The molecule has 2 aromatic rings. The fraction of sp³-hybridized carbons (Fsp3) is 0.391. The molecule has 2 aliphatic rings. The van der Waals surface area contributed by atoms with Gasteiger partial charge in [0.2, 0.25) is 11.8 Å². The number of hydrogen-bond donors (Lipinski definition) is 1. The van der Waals surface area contributed by atoms with Gasteiger partial charge in [0, 0.05) is 29.8 Å². The van der Waals surface area contributed by atoms with Crippen LogP contribution in [0, 0.1) is 12.8 Å². The molecule has 0 radical (unpaired) electrons. The number of anilines is 2. The van der Waals surface area contributed by atoms with Crippen LogP contribution >= 0.6 is 0 Å². The highest BCUT2D eigenvalue weighted by Gasteiger charge is 2.39. The summed E-state index contributed by atoms with van der Waals surface area (Å²) in [5, 5.41) is 2.77. The summed E-state index contributed by atoms with van der Waals surface area (Å²) in [4.78, 5) is 26.8. The second-order valence-corrected chi connectivity index (χ2v) is 10.4. The predicted octanol–water partition coefficient (Wildman–Crippen LogP) is 3.49. The van der Waals surface area contributed by atoms with Gasteiger partial charge in [0.15, 0.2) is 9.84 Å². The number of aryl methyl sites for hydroxylation is 1. The zero-order valence-electron chi connectivity index (χ0n) is 17.2. The van der Waals surface area contributed by atoms with Crippen LogP contribution in [-0.4, -0.2) is 32.0 Å². The Morgan fingerprint density at radius 2 is 1.87 bits per heavy atom. The highest BCUT2D eigenvalue weighted by atomic mass is 32.2. The first kappa shape index (κ1) is 20.6. The lowest BCUT2D eigenvalue weighted by Gasteiger charge is -2.22. The first-order valence-corrected chi connectivity index (χ1v) is 12.0. The Morgan fingerprint density at radius 3 is 2.57 bits per heavy atom. The molecule has 0 aromatic heterocycles. The molecule has 1 heterocycles. The lowest BCUT2D eigenvalue weighted by atomic mass is 10.1. The van der Waals surface area contributed by atoms with E-state index in [1.165, 1.54) is 0 Å². The number of benzene rings is 2. The first-order valence-electron chi connectivity index (χ1n) is 10.3. The van der Waals surface area contributed by atoms with E-state index in [2.05, 4.69) is 5.32 Å². The van der Waals surface area contributed by atoms with E-state index in [9.17, 15) is 18.0 Å². The van der Waals surface area contributed by atoms with E-state index in [-0.39, 0.29) is 40.8 Å². The van der Waals surface area contributed by atoms with Gasteiger partial charge < -0.3 is 10.2 Å². The van der Waals surface area contributed by atoms with Gasteiger partial charge >= 0.3 is 0 Å². The van der Waals surface area contributed by atoms with Crippen molar-refractivity contribution in [3.63, 3.8) is 0 Å². The summed E-state index contributed by atoms with van der Waals surface area (Å²) < 4.78 is 25.6. The van der Waals surface area contributed by atoms with Crippen LogP contribution in [0.3, 0.4) is 0 Å². The van der Waals surface area contributed by atoms with Crippen LogP contribution in [0.15, 0.2) is 47.4 Å². The zero-order valence-corrected chi connectivity index (χ0v) is 18.0. The number of fused-ring (bicyclic) bond motifs is 1. The summed E-state index contributed by atoms with van der Waals surface area (Å²) in [5.41, 5.74) is 3.30. The topological polar surface area (TPSA) is 83.6 Å². The maximum Gasteiger partial charge on any atom is 0.230 e. The molecule has 2 amide bonds. The van der Waals surface area contributed by atoms with Gasteiger partial charge in [-0.2, -0.15) is 0 Å². The van der Waals surface area contributed by atoms with Crippen molar-refractivity contribution < 1.29 is 18.0 Å². The SMILES string of the molecule is Cc1ccccc1NC(=O)CCS(=O)(=O)c1ccc2c(c1)C[C@@H](C)N2C(=O)C1CC1. The Labute approximate surface area is 177 Å². The van der Waals surface area contributed by atoms with Gasteiger partial charge in [0.05, 0.1) is 10.6 Å². The highest BCUT2D eigenvalue weighted by Crippen LogP contribution is 2.39. The predicted molar refractivity (Wildman–Crippen MR) is 116 cm³/mol. The van der Waals surface area contributed by atoms with E-state index in [0.717, 1.165) is 29.7 Å². The van der Waals surface area contributed by atoms with Crippen molar-refractivity contribution in [1.82, 2.24) is 0 Å². The van der Waals surface area contributed by atoms with Crippen molar-refractivity contribution in [2.24, 2.45) is 5.92 Å². The monoisotopic (exact) mass is 426 g/mol. The van der Waals surface area contributed by atoms with Crippen LogP contribution in [0.2, 0.25) is 0 Å². The van der Waals surface area contributed by atoms with Crippen molar-refractivity contribution in [2.45, 2.75) is 50.5 Å². The summed E-state index contributed by atoms with van der Waals surface area (Å²) >= 11 is 0. The van der Waals surface area contributed by atoms with E-state index in [4.69, 9.17) is 0 Å². The summed E-state index contributed by atoms with van der Waals surface area (Å²) in [7, 11) is -3.60. The summed E-state index contributed by atoms with van der Waals surface area (Å²) in [6, 6.07) is 12.4. The smallest absolute Gasteiger partial charge is 0.230 e. The van der Waals surface area contributed by atoms with E-state index < -0.39 is 9.84 Å². The number of carbonyl (C=O) groups is 2. The van der Waals surface area contributed by atoms with Crippen LogP contribution in [0.25, 0.3) is 0 Å². The minimum absolute atomic E-state index is 0.0333. The number of carbonyl (C=O) groups excluding carboxylic acids is 2. The van der Waals surface area contributed by atoms with Crippen LogP contribution in [0.4, 0.5) is 11.4 Å². The Kier molecular flexibility index (Phi) is 5.40. The molecule has 1 atom stereocenters. The van der Waals surface area contributed by atoms with Gasteiger partial charge in [0.1, 0.15) is 0 Å². The van der Waals surface area contributed by atoms with Crippen molar-refractivity contribution in [1.29, 1.82) is 0 Å². The molecule has 0 unspecified atom stereocenters. The van der Waals surface area contributed by atoms with Crippen molar-refractivity contribution in [3.05, 3.63) is 53.6 Å².